The molecule has 1 aromatic carbocycles. The van der Waals surface area contributed by atoms with Gasteiger partial charge in [0.15, 0.2) is 0 Å². The molecular weight excluding hydrogens is 314 g/mol. The number of carbonyl (C=O) groups is 2. The van der Waals surface area contributed by atoms with Gasteiger partial charge < -0.3 is 10.4 Å². The maximum atomic E-state index is 12.5. The second-order valence-electron chi connectivity index (χ2n) is 5.03. The Labute approximate surface area is 137 Å². The van der Waals surface area contributed by atoms with Gasteiger partial charge in [0.1, 0.15) is 5.03 Å². The van der Waals surface area contributed by atoms with Crippen molar-refractivity contribution in [2.45, 2.75) is 11.4 Å². The highest BCUT2D eigenvalue weighted by molar-refractivity contribution is 7.99. The molecule has 7 heteroatoms. The molecule has 1 aromatic heterocycles. The van der Waals surface area contributed by atoms with Gasteiger partial charge in [0.25, 0.3) is 0 Å². The number of anilines is 2. The molecule has 0 saturated carbocycles. The van der Waals surface area contributed by atoms with Crippen LogP contribution in [-0.4, -0.2) is 34.4 Å². The maximum absolute atomic E-state index is 12.5. The van der Waals surface area contributed by atoms with Crippen molar-refractivity contribution >= 4 is 35.1 Å². The van der Waals surface area contributed by atoms with Gasteiger partial charge in [-0.05, 0) is 29.8 Å². The number of urea groups is 1. The van der Waals surface area contributed by atoms with E-state index < -0.39 is 5.97 Å². The molecule has 6 nitrogen and oxygen atoms in total. The highest BCUT2D eigenvalue weighted by atomic mass is 32.2. The van der Waals surface area contributed by atoms with Crippen LogP contribution in [0.1, 0.15) is 5.56 Å². The van der Waals surface area contributed by atoms with E-state index >= 15 is 0 Å². The lowest BCUT2D eigenvalue weighted by molar-refractivity contribution is -0.136. The number of aromatic nitrogens is 1. The zero-order valence-corrected chi connectivity index (χ0v) is 13.0. The first kappa shape index (κ1) is 15.4. The molecule has 2 amide bonds. The first-order chi connectivity index (χ1) is 11.1. The van der Waals surface area contributed by atoms with Crippen molar-refractivity contribution in [1.82, 2.24) is 4.98 Å². The molecule has 0 atom stereocenters. The van der Waals surface area contributed by atoms with E-state index in [-0.39, 0.29) is 12.5 Å². The standard InChI is InChI=1S/C16H15N3O3S/c20-14(21)10-11-3-5-12(6-4-11)18-16(22)19-8-9-23-15-13(19)2-1-7-17-15/h1-7H,8-10H2,(H,18,22)(H,20,21). The number of benzene rings is 1. The van der Waals surface area contributed by atoms with E-state index in [9.17, 15) is 9.59 Å². The summed E-state index contributed by atoms with van der Waals surface area (Å²) in [6, 6.07) is 10.3. The minimum absolute atomic E-state index is 0.0311. The van der Waals surface area contributed by atoms with E-state index in [0.29, 0.717) is 17.8 Å². The molecule has 2 N–H and O–H groups in total. The van der Waals surface area contributed by atoms with Crippen molar-refractivity contribution < 1.29 is 14.7 Å². The van der Waals surface area contributed by atoms with Crippen molar-refractivity contribution in [3.05, 3.63) is 48.2 Å². The summed E-state index contributed by atoms with van der Waals surface area (Å²) in [6.45, 7) is 0.617. The van der Waals surface area contributed by atoms with Gasteiger partial charge in [0.05, 0.1) is 12.1 Å². The summed E-state index contributed by atoms with van der Waals surface area (Å²) in [7, 11) is 0. The van der Waals surface area contributed by atoms with Crippen LogP contribution in [0, 0.1) is 0 Å². The summed E-state index contributed by atoms with van der Waals surface area (Å²) >= 11 is 1.64. The number of pyridine rings is 1. The number of hydrogen-bond donors (Lipinski definition) is 2. The minimum atomic E-state index is -0.878. The van der Waals surface area contributed by atoms with Crippen molar-refractivity contribution in [1.29, 1.82) is 0 Å². The number of aliphatic carboxylic acids is 1. The van der Waals surface area contributed by atoms with Crippen molar-refractivity contribution in [2.75, 3.05) is 22.5 Å². The Kier molecular flexibility index (Phi) is 4.47. The average molecular weight is 329 g/mol. The van der Waals surface area contributed by atoms with Crippen LogP contribution in [0.2, 0.25) is 0 Å². The molecule has 0 spiro atoms. The largest absolute Gasteiger partial charge is 0.481 e. The Balaban J connectivity index is 1.71. The maximum Gasteiger partial charge on any atom is 0.326 e. The molecule has 0 bridgehead atoms. The minimum Gasteiger partial charge on any atom is -0.481 e. The molecule has 118 valence electrons. The Bertz CT molecular complexity index is 734. The Hall–Kier alpha value is -2.54. The third kappa shape index (κ3) is 3.62. The van der Waals surface area contributed by atoms with E-state index in [2.05, 4.69) is 10.3 Å². The zero-order valence-electron chi connectivity index (χ0n) is 12.2. The quantitative estimate of drug-likeness (QED) is 0.905. The summed E-state index contributed by atoms with van der Waals surface area (Å²) in [5, 5.41) is 12.4. The van der Waals surface area contributed by atoms with Crippen molar-refractivity contribution in [3.63, 3.8) is 0 Å². The molecule has 3 rings (SSSR count). The van der Waals surface area contributed by atoms with Crippen LogP contribution in [0.3, 0.4) is 0 Å². The molecule has 23 heavy (non-hydrogen) atoms. The molecule has 0 radical (unpaired) electrons. The van der Waals surface area contributed by atoms with Crippen LogP contribution in [0.4, 0.5) is 16.2 Å². The fourth-order valence-corrected chi connectivity index (χ4v) is 3.26. The Morgan fingerprint density at radius 1 is 1.26 bits per heavy atom. The highest BCUT2D eigenvalue weighted by Gasteiger charge is 2.23. The monoisotopic (exact) mass is 329 g/mol. The summed E-state index contributed by atoms with van der Waals surface area (Å²) < 4.78 is 0. The molecule has 1 aliphatic rings. The van der Waals surface area contributed by atoms with Crippen LogP contribution in [0.15, 0.2) is 47.6 Å². The van der Waals surface area contributed by atoms with Crippen molar-refractivity contribution in [3.8, 4) is 0 Å². The number of nitrogens with one attached hydrogen (secondary N) is 1. The van der Waals surface area contributed by atoms with Crippen LogP contribution in [0.5, 0.6) is 0 Å². The van der Waals surface area contributed by atoms with Gasteiger partial charge in [-0.3, -0.25) is 9.69 Å². The SMILES string of the molecule is O=C(O)Cc1ccc(NC(=O)N2CCSc3ncccc32)cc1. The first-order valence-electron chi connectivity index (χ1n) is 7.10. The molecule has 0 saturated heterocycles. The Morgan fingerprint density at radius 3 is 2.78 bits per heavy atom. The zero-order chi connectivity index (χ0) is 16.2. The average Bonchev–Trinajstić information content (AvgIpc) is 2.55. The smallest absolute Gasteiger partial charge is 0.326 e. The lowest BCUT2D eigenvalue weighted by Crippen LogP contribution is -2.38. The van der Waals surface area contributed by atoms with Gasteiger partial charge in [-0.1, -0.05) is 12.1 Å². The number of amides is 2. The Morgan fingerprint density at radius 2 is 2.04 bits per heavy atom. The van der Waals surface area contributed by atoms with Gasteiger partial charge >= 0.3 is 12.0 Å². The van der Waals surface area contributed by atoms with Crippen LogP contribution < -0.4 is 10.2 Å². The molecule has 0 aliphatic carbocycles. The number of nitrogens with zero attached hydrogens (tertiary/aromatic N) is 2. The van der Waals surface area contributed by atoms with E-state index in [1.807, 2.05) is 12.1 Å². The predicted molar refractivity (Wildman–Crippen MR) is 89.1 cm³/mol. The molecule has 0 unspecified atom stereocenters. The topological polar surface area (TPSA) is 82.5 Å². The van der Waals surface area contributed by atoms with E-state index in [1.165, 1.54) is 0 Å². The van der Waals surface area contributed by atoms with Gasteiger partial charge in [-0.2, -0.15) is 0 Å². The van der Waals surface area contributed by atoms with Gasteiger partial charge in [0.2, 0.25) is 0 Å². The molecule has 2 heterocycles. The van der Waals surface area contributed by atoms with E-state index in [4.69, 9.17) is 5.11 Å². The van der Waals surface area contributed by atoms with E-state index in [0.717, 1.165) is 16.5 Å². The summed E-state index contributed by atoms with van der Waals surface area (Å²) in [6.07, 6.45) is 1.69. The number of hydrogen-bond acceptors (Lipinski definition) is 4. The molecule has 1 aliphatic heterocycles. The third-order valence-corrected chi connectivity index (χ3v) is 4.38. The van der Waals surface area contributed by atoms with E-state index in [1.54, 1.807) is 47.1 Å². The van der Waals surface area contributed by atoms with Gasteiger partial charge in [0, 0.05) is 24.2 Å². The van der Waals surface area contributed by atoms with Crippen LogP contribution in [-0.2, 0) is 11.2 Å². The van der Waals surface area contributed by atoms with Gasteiger partial charge in [-0.25, -0.2) is 9.78 Å². The second-order valence-corrected chi connectivity index (χ2v) is 6.11. The summed E-state index contributed by atoms with van der Waals surface area (Å²) in [4.78, 5) is 29.1. The normalized spacial score (nSPS) is 13.3. The number of carboxylic acid groups (broad SMARTS) is 1. The number of fused-ring (bicyclic) bond motifs is 1. The van der Waals surface area contributed by atoms with Crippen LogP contribution >= 0.6 is 11.8 Å². The predicted octanol–water partition coefficient (Wildman–Crippen LogP) is 2.85. The number of carboxylic acids is 1. The molecule has 0 fully saturated rings. The third-order valence-electron chi connectivity index (χ3n) is 3.40. The lowest BCUT2D eigenvalue weighted by Gasteiger charge is -2.28. The lowest BCUT2D eigenvalue weighted by atomic mass is 10.1. The number of carbonyl (C=O) groups excluding carboxylic acids is 1. The summed E-state index contributed by atoms with van der Waals surface area (Å²) in [5.74, 6) is -0.0775. The summed E-state index contributed by atoms with van der Waals surface area (Å²) in [5.41, 5.74) is 2.14. The van der Waals surface area contributed by atoms with Crippen molar-refractivity contribution in [2.24, 2.45) is 0 Å². The fraction of sp³-hybridized carbons (Fsp3) is 0.188. The fourth-order valence-electron chi connectivity index (χ4n) is 2.34. The first-order valence-corrected chi connectivity index (χ1v) is 8.09. The molecular formula is C16H15N3O3S. The number of rotatable bonds is 3. The number of thioether (sulfide) groups is 1. The van der Waals surface area contributed by atoms with Gasteiger partial charge in [-0.15, -0.1) is 11.8 Å². The highest BCUT2D eigenvalue weighted by Crippen LogP contribution is 2.32. The second kappa shape index (κ2) is 6.70. The van der Waals surface area contributed by atoms with Crippen LogP contribution in [0.25, 0.3) is 0 Å². The molecule has 2 aromatic rings.